The molecule has 13 heavy (non-hydrogen) atoms. The summed E-state index contributed by atoms with van der Waals surface area (Å²) in [7, 11) is 0. The molecule has 2 rings (SSSR count). The van der Waals surface area contributed by atoms with Gasteiger partial charge in [-0.3, -0.25) is 0 Å². The first-order valence-corrected chi connectivity index (χ1v) is 4.62. The van der Waals surface area contributed by atoms with E-state index in [4.69, 9.17) is 5.11 Å². The van der Waals surface area contributed by atoms with Crippen LogP contribution in [0.5, 0.6) is 0 Å². The SMILES string of the molecule is OCc1ccccc1C1(CO)CC1. The van der Waals surface area contributed by atoms with Gasteiger partial charge in [0.2, 0.25) is 0 Å². The lowest BCUT2D eigenvalue weighted by Gasteiger charge is -2.15. The summed E-state index contributed by atoms with van der Waals surface area (Å²) in [6.45, 7) is 0.266. The number of benzene rings is 1. The van der Waals surface area contributed by atoms with Crippen LogP contribution < -0.4 is 0 Å². The first kappa shape index (κ1) is 8.73. The second-order valence-corrected chi connectivity index (χ2v) is 3.75. The third-order valence-electron chi connectivity index (χ3n) is 2.92. The Hall–Kier alpha value is -0.860. The van der Waals surface area contributed by atoms with Crippen molar-refractivity contribution in [3.05, 3.63) is 35.4 Å². The molecule has 0 saturated heterocycles. The van der Waals surface area contributed by atoms with Gasteiger partial charge in [-0.1, -0.05) is 24.3 Å². The minimum Gasteiger partial charge on any atom is -0.395 e. The van der Waals surface area contributed by atoms with Gasteiger partial charge in [-0.2, -0.15) is 0 Å². The van der Waals surface area contributed by atoms with Crippen molar-refractivity contribution in [2.75, 3.05) is 6.61 Å². The van der Waals surface area contributed by atoms with E-state index in [1.165, 1.54) is 0 Å². The quantitative estimate of drug-likeness (QED) is 0.730. The maximum absolute atomic E-state index is 9.25. The highest BCUT2D eigenvalue weighted by atomic mass is 16.3. The molecule has 0 atom stereocenters. The molecule has 0 unspecified atom stereocenters. The number of hydrogen-bond acceptors (Lipinski definition) is 2. The van der Waals surface area contributed by atoms with E-state index in [0.29, 0.717) is 0 Å². The summed E-state index contributed by atoms with van der Waals surface area (Å²) >= 11 is 0. The smallest absolute Gasteiger partial charge is 0.0684 e. The van der Waals surface area contributed by atoms with Gasteiger partial charge in [0.15, 0.2) is 0 Å². The second kappa shape index (κ2) is 3.13. The van der Waals surface area contributed by atoms with Crippen LogP contribution in [0.3, 0.4) is 0 Å². The van der Waals surface area contributed by atoms with E-state index in [9.17, 15) is 5.11 Å². The fourth-order valence-electron chi connectivity index (χ4n) is 1.84. The zero-order valence-corrected chi connectivity index (χ0v) is 7.53. The summed E-state index contributed by atoms with van der Waals surface area (Å²) in [5.74, 6) is 0. The standard InChI is InChI=1S/C11H14O2/c12-7-9-3-1-2-4-10(9)11(8-13)5-6-11/h1-4,12-13H,5-8H2. The van der Waals surface area contributed by atoms with Gasteiger partial charge in [0.25, 0.3) is 0 Å². The summed E-state index contributed by atoms with van der Waals surface area (Å²) in [5.41, 5.74) is 2.05. The van der Waals surface area contributed by atoms with Crippen LogP contribution >= 0.6 is 0 Å². The van der Waals surface area contributed by atoms with Crippen molar-refractivity contribution in [2.45, 2.75) is 24.9 Å². The summed E-state index contributed by atoms with van der Waals surface area (Å²) in [4.78, 5) is 0. The molecule has 1 aromatic rings. The maximum Gasteiger partial charge on any atom is 0.0684 e. The van der Waals surface area contributed by atoms with Crippen molar-refractivity contribution >= 4 is 0 Å². The lowest BCUT2D eigenvalue weighted by molar-refractivity contribution is 0.248. The van der Waals surface area contributed by atoms with Gasteiger partial charge in [-0.15, -0.1) is 0 Å². The zero-order valence-electron chi connectivity index (χ0n) is 7.53. The minimum atomic E-state index is -0.0284. The normalized spacial score (nSPS) is 18.6. The molecule has 0 bridgehead atoms. The van der Waals surface area contributed by atoms with Crippen molar-refractivity contribution in [1.82, 2.24) is 0 Å². The molecule has 1 saturated carbocycles. The van der Waals surface area contributed by atoms with E-state index in [1.54, 1.807) is 0 Å². The molecule has 0 heterocycles. The van der Waals surface area contributed by atoms with Gasteiger partial charge in [0.05, 0.1) is 13.2 Å². The summed E-state index contributed by atoms with van der Waals surface area (Å²) in [5, 5.41) is 18.4. The molecular weight excluding hydrogens is 164 g/mol. The number of hydrogen-bond donors (Lipinski definition) is 2. The Kier molecular flexibility index (Phi) is 2.10. The molecule has 0 aromatic heterocycles. The Morgan fingerprint density at radius 3 is 2.38 bits per heavy atom. The molecule has 0 amide bonds. The molecule has 1 aromatic carbocycles. The van der Waals surface area contributed by atoms with E-state index >= 15 is 0 Å². The zero-order chi connectivity index (χ0) is 9.31. The Labute approximate surface area is 77.8 Å². The van der Waals surface area contributed by atoms with Crippen LogP contribution in [0.1, 0.15) is 24.0 Å². The molecule has 2 heteroatoms. The molecule has 0 aliphatic heterocycles. The van der Waals surface area contributed by atoms with Crippen LogP contribution in [0.25, 0.3) is 0 Å². The molecule has 1 aliphatic carbocycles. The Bertz CT molecular complexity index is 303. The van der Waals surface area contributed by atoms with E-state index in [0.717, 1.165) is 24.0 Å². The molecule has 0 radical (unpaired) electrons. The maximum atomic E-state index is 9.25. The van der Waals surface area contributed by atoms with Gasteiger partial charge in [0.1, 0.15) is 0 Å². The Balaban J connectivity index is 2.39. The predicted molar refractivity (Wildman–Crippen MR) is 50.4 cm³/mol. The fourth-order valence-corrected chi connectivity index (χ4v) is 1.84. The monoisotopic (exact) mass is 178 g/mol. The summed E-state index contributed by atoms with van der Waals surface area (Å²) in [6.07, 6.45) is 2.08. The van der Waals surface area contributed by atoms with Crippen molar-refractivity contribution in [3.8, 4) is 0 Å². The lowest BCUT2D eigenvalue weighted by Crippen LogP contribution is -2.14. The van der Waals surface area contributed by atoms with Crippen molar-refractivity contribution in [2.24, 2.45) is 0 Å². The third kappa shape index (κ3) is 1.36. The molecule has 0 spiro atoms. The van der Waals surface area contributed by atoms with Crippen LogP contribution in [0.15, 0.2) is 24.3 Å². The van der Waals surface area contributed by atoms with Crippen molar-refractivity contribution < 1.29 is 10.2 Å². The largest absolute Gasteiger partial charge is 0.395 e. The van der Waals surface area contributed by atoms with Crippen LogP contribution in [-0.2, 0) is 12.0 Å². The van der Waals surface area contributed by atoms with Crippen LogP contribution in [0, 0.1) is 0 Å². The minimum absolute atomic E-state index is 0.0284. The molecule has 1 fully saturated rings. The predicted octanol–water partition coefficient (Wildman–Crippen LogP) is 1.20. The van der Waals surface area contributed by atoms with Crippen LogP contribution in [0.4, 0.5) is 0 Å². The average Bonchev–Trinajstić information content (AvgIpc) is 2.98. The summed E-state index contributed by atoms with van der Waals surface area (Å²) < 4.78 is 0. The third-order valence-corrected chi connectivity index (χ3v) is 2.92. The van der Waals surface area contributed by atoms with Gasteiger partial charge >= 0.3 is 0 Å². The Morgan fingerprint density at radius 2 is 1.85 bits per heavy atom. The van der Waals surface area contributed by atoms with Gasteiger partial charge in [-0.25, -0.2) is 0 Å². The Morgan fingerprint density at radius 1 is 1.15 bits per heavy atom. The van der Waals surface area contributed by atoms with E-state index in [-0.39, 0.29) is 18.6 Å². The highest BCUT2D eigenvalue weighted by Crippen LogP contribution is 2.48. The number of rotatable bonds is 3. The highest BCUT2D eigenvalue weighted by Gasteiger charge is 2.44. The first-order chi connectivity index (χ1) is 6.32. The first-order valence-electron chi connectivity index (χ1n) is 4.62. The second-order valence-electron chi connectivity index (χ2n) is 3.75. The highest BCUT2D eigenvalue weighted by molar-refractivity contribution is 5.38. The average molecular weight is 178 g/mol. The molecular formula is C11H14O2. The van der Waals surface area contributed by atoms with Gasteiger partial charge < -0.3 is 10.2 Å². The van der Waals surface area contributed by atoms with E-state index in [2.05, 4.69) is 0 Å². The van der Waals surface area contributed by atoms with Gasteiger partial charge in [0, 0.05) is 5.41 Å². The molecule has 2 nitrogen and oxygen atoms in total. The molecule has 1 aliphatic rings. The topological polar surface area (TPSA) is 40.5 Å². The lowest BCUT2D eigenvalue weighted by atomic mass is 9.92. The van der Waals surface area contributed by atoms with Crippen LogP contribution in [-0.4, -0.2) is 16.8 Å². The van der Waals surface area contributed by atoms with Gasteiger partial charge in [-0.05, 0) is 24.0 Å². The van der Waals surface area contributed by atoms with Crippen molar-refractivity contribution in [3.63, 3.8) is 0 Å². The molecule has 2 N–H and O–H groups in total. The number of aliphatic hydroxyl groups excluding tert-OH is 2. The fraction of sp³-hybridized carbons (Fsp3) is 0.455. The van der Waals surface area contributed by atoms with Crippen LogP contribution in [0.2, 0.25) is 0 Å². The van der Waals surface area contributed by atoms with E-state index < -0.39 is 0 Å². The summed E-state index contributed by atoms with van der Waals surface area (Å²) in [6, 6.07) is 7.81. The van der Waals surface area contributed by atoms with E-state index in [1.807, 2.05) is 24.3 Å². The molecule has 70 valence electrons. The number of aliphatic hydroxyl groups is 2. The van der Waals surface area contributed by atoms with Crippen molar-refractivity contribution in [1.29, 1.82) is 0 Å².